The third-order valence-electron chi connectivity index (χ3n) is 1.39. The van der Waals surface area contributed by atoms with Crippen LogP contribution in [-0.2, 0) is 14.4 Å². The van der Waals surface area contributed by atoms with E-state index in [1.807, 2.05) is 0 Å². The molecule has 0 aliphatic heterocycles. The van der Waals surface area contributed by atoms with Crippen LogP contribution in [-0.4, -0.2) is 28.7 Å². The van der Waals surface area contributed by atoms with Crippen molar-refractivity contribution < 1.29 is 19.2 Å². The molecule has 0 rings (SSSR count). The maximum atomic E-state index is 11.7. The van der Waals surface area contributed by atoms with E-state index in [1.165, 1.54) is 6.92 Å². The summed E-state index contributed by atoms with van der Waals surface area (Å²) < 4.78 is 5.13. The van der Waals surface area contributed by atoms with E-state index in [9.17, 15) is 9.59 Å². The molecule has 0 saturated carbocycles. The number of hydrogen-bond acceptors (Lipinski definition) is 5. The van der Waals surface area contributed by atoms with E-state index in [-0.39, 0.29) is 6.04 Å². The van der Waals surface area contributed by atoms with Crippen LogP contribution in [0.25, 0.3) is 0 Å². The molecule has 0 aromatic heterocycles. The minimum atomic E-state index is -0.595. The Morgan fingerprint density at radius 3 is 2.06 bits per heavy atom. The summed E-state index contributed by atoms with van der Waals surface area (Å²) in [6.07, 6.45) is -0.594. The van der Waals surface area contributed by atoms with Gasteiger partial charge in [0.2, 0.25) is 0 Å². The van der Waals surface area contributed by atoms with E-state index in [0.717, 1.165) is 5.01 Å². The number of rotatable bonds is 3. The van der Waals surface area contributed by atoms with Gasteiger partial charge in [0.15, 0.2) is 0 Å². The molecule has 6 heteroatoms. The van der Waals surface area contributed by atoms with Gasteiger partial charge in [-0.2, -0.15) is 0 Å². The number of nitrogens with zero attached hydrogens (tertiary/aromatic N) is 1. The van der Waals surface area contributed by atoms with Gasteiger partial charge in [0.1, 0.15) is 5.60 Å². The van der Waals surface area contributed by atoms with Crippen LogP contribution in [0.4, 0.5) is 4.79 Å². The number of nitrogens with one attached hydrogen (secondary N) is 1. The zero-order chi connectivity index (χ0) is 12.9. The molecule has 1 N–H and O–H groups in total. The lowest BCUT2D eigenvalue weighted by Gasteiger charge is -2.29. The number of amides is 1. The quantitative estimate of drug-likeness (QED) is 0.749. The predicted octanol–water partition coefficient (Wildman–Crippen LogP) is 1.61. The van der Waals surface area contributed by atoms with Crippen LogP contribution in [0, 0.1) is 0 Å². The molecule has 0 bridgehead atoms. The zero-order valence-electron chi connectivity index (χ0n) is 10.7. The zero-order valence-corrected chi connectivity index (χ0v) is 10.7. The molecular weight excluding hydrogens is 212 g/mol. The van der Waals surface area contributed by atoms with Gasteiger partial charge in [0, 0.05) is 13.0 Å². The third kappa shape index (κ3) is 6.23. The lowest BCUT2D eigenvalue weighted by Crippen LogP contribution is -2.49. The SMILES string of the molecule is CC(=O)ONN(C(=O)OC(C)(C)C)C(C)C. The van der Waals surface area contributed by atoms with Crippen molar-refractivity contribution in [2.75, 3.05) is 0 Å². The van der Waals surface area contributed by atoms with Crippen LogP contribution in [0.3, 0.4) is 0 Å². The molecule has 0 aromatic carbocycles. The Balaban J connectivity index is 4.42. The highest BCUT2D eigenvalue weighted by Crippen LogP contribution is 2.10. The molecule has 1 amide bonds. The van der Waals surface area contributed by atoms with Crippen molar-refractivity contribution in [2.24, 2.45) is 0 Å². The Hall–Kier alpha value is -1.30. The fourth-order valence-corrected chi connectivity index (χ4v) is 0.778. The van der Waals surface area contributed by atoms with Gasteiger partial charge in [0.05, 0.1) is 0 Å². The van der Waals surface area contributed by atoms with Crippen LogP contribution < -0.4 is 5.59 Å². The first-order valence-corrected chi connectivity index (χ1v) is 5.08. The summed E-state index contributed by atoms with van der Waals surface area (Å²) in [5.74, 6) is -0.533. The van der Waals surface area contributed by atoms with Crippen molar-refractivity contribution in [3.63, 3.8) is 0 Å². The van der Waals surface area contributed by atoms with Gasteiger partial charge in [-0.15, -0.1) is 0 Å². The second kappa shape index (κ2) is 5.69. The topological polar surface area (TPSA) is 67.9 Å². The highest BCUT2D eigenvalue weighted by molar-refractivity contribution is 5.68. The van der Waals surface area contributed by atoms with Crippen LogP contribution in [0.2, 0.25) is 0 Å². The molecule has 94 valence electrons. The minimum absolute atomic E-state index is 0.200. The first-order valence-electron chi connectivity index (χ1n) is 5.08. The molecule has 0 aliphatic rings. The molecule has 0 aromatic rings. The number of hydrogen-bond donors (Lipinski definition) is 1. The van der Waals surface area contributed by atoms with Gasteiger partial charge < -0.3 is 9.57 Å². The van der Waals surface area contributed by atoms with Crippen molar-refractivity contribution in [1.82, 2.24) is 10.6 Å². The van der Waals surface area contributed by atoms with Crippen LogP contribution in [0.15, 0.2) is 0 Å². The van der Waals surface area contributed by atoms with Crippen molar-refractivity contribution >= 4 is 12.1 Å². The lowest BCUT2D eigenvalue weighted by atomic mass is 10.2. The van der Waals surface area contributed by atoms with Crippen molar-refractivity contribution in [3.05, 3.63) is 0 Å². The predicted molar refractivity (Wildman–Crippen MR) is 58.1 cm³/mol. The average Bonchev–Trinajstić information content (AvgIpc) is 1.98. The van der Waals surface area contributed by atoms with E-state index < -0.39 is 17.7 Å². The summed E-state index contributed by atoms with van der Waals surface area (Å²) in [6.45, 7) is 10.0. The first kappa shape index (κ1) is 14.7. The van der Waals surface area contributed by atoms with E-state index in [0.29, 0.717) is 0 Å². The maximum absolute atomic E-state index is 11.7. The van der Waals surface area contributed by atoms with Crippen LogP contribution >= 0.6 is 0 Å². The van der Waals surface area contributed by atoms with Gasteiger partial charge in [0.25, 0.3) is 0 Å². The first-order chi connectivity index (χ1) is 7.13. The standard InChI is InChI=1S/C10H20N2O4/c1-7(2)12(11-16-8(3)13)9(14)15-10(4,5)6/h7,11H,1-6H3. The highest BCUT2D eigenvalue weighted by atomic mass is 16.7. The number of carbonyl (C=O) groups excluding carboxylic acids is 2. The van der Waals surface area contributed by atoms with Crippen LogP contribution in [0.1, 0.15) is 41.5 Å². The fourth-order valence-electron chi connectivity index (χ4n) is 0.778. The Bertz CT molecular complexity index is 258. The van der Waals surface area contributed by atoms with Crippen molar-refractivity contribution in [2.45, 2.75) is 53.2 Å². The summed E-state index contributed by atoms with van der Waals surface area (Å²) in [5, 5.41) is 1.10. The summed E-state index contributed by atoms with van der Waals surface area (Å²) in [6, 6.07) is -0.200. The molecule has 0 fully saturated rings. The van der Waals surface area contributed by atoms with Crippen molar-refractivity contribution in [1.29, 1.82) is 0 Å². The van der Waals surface area contributed by atoms with Gasteiger partial charge in [-0.25, -0.2) is 9.80 Å². The molecule has 0 heterocycles. The normalized spacial score (nSPS) is 11.2. The lowest BCUT2D eigenvalue weighted by molar-refractivity contribution is -0.162. The highest BCUT2D eigenvalue weighted by Gasteiger charge is 2.24. The van der Waals surface area contributed by atoms with Gasteiger partial charge in [-0.05, 0) is 34.6 Å². The molecule has 6 nitrogen and oxygen atoms in total. The van der Waals surface area contributed by atoms with Gasteiger partial charge in [-0.1, -0.05) is 5.59 Å². The Morgan fingerprint density at radius 1 is 1.25 bits per heavy atom. The summed E-state index contributed by atoms with van der Waals surface area (Å²) in [4.78, 5) is 26.8. The van der Waals surface area contributed by atoms with E-state index >= 15 is 0 Å². The maximum Gasteiger partial charge on any atom is 0.427 e. The van der Waals surface area contributed by atoms with E-state index in [2.05, 4.69) is 10.4 Å². The molecule has 0 atom stereocenters. The monoisotopic (exact) mass is 232 g/mol. The third-order valence-corrected chi connectivity index (χ3v) is 1.39. The second-order valence-corrected chi connectivity index (χ2v) is 4.63. The second-order valence-electron chi connectivity index (χ2n) is 4.63. The molecule has 0 spiro atoms. The fraction of sp³-hybridized carbons (Fsp3) is 0.800. The number of carbonyl (C=O) groups is 2. The Labute approximate surface area is 95.8 Å². The summed E-state index contributed by atoms with van der Waals surface area (Å²) >= 11 is 0. The summed E-state index contributed by atoms with van der Waals surface area (Å²) in [5.41, 5.74) is 1.66. The van der Waals surface area contributed by atoms with E-state index in [4.69, 9.17) is 4.74 Å². The summed E-state index contributed by atoms with van der Waals surface area (Å²) in [7, 11) is 0. The van der Waals surface area contributed by atoms with Gasteiger partial charge in [-0.3, -0.25) is 4.79 Å². The van der Waals surface area contributed by atoms with Gasteiger partial charge >= 0.3 is 12.1 Å². The van der Waals surface area contributed by atoms with E-state index in [1.54, 1.807) is 34.6 Å². The number of ether oxygens (including phenoxy) is 1. The Kier molecular flexibility index (Phi) is 5.23. The largest absolute Gasteiger partial charge is 0.443 e. The molecule has 0 unspecified atom stereocenters. The average molecular weight is 232 g/mol. The minimum Gasteiger partial charge on any atom is -0.443 e. The Morgan fingerprint density at radius 2 is 1.75 bits per heavy atom. The van der Waals surface area contributed by atoms with Crippen LogP contribution in [0.5, 0.6) is 0 Å². The number of hydrazine groups is 1. The molecule has 0 aliphatic carbocycles. The molecule has 0 radical (unpaired) electrons. The molecule has 0 saturated heterocycles. The smallest absolute Gasteiger partial charge is 0.427 e. The molecular formula is C10H20N2O4. The molecule has 16 heavy (non-hydrogen) atoms. The van der Waals surface area contributed by atoms with Crippen molar-refractivity contribution in [3.8, 4) is 0 Å².